The number of imidazole rings is 1. The van der Waals surface area contributed by atoms with E-state index in [1.165, 1.54) is 0 Å². The summed E-state index contributed by atoms with van der Waals surface area (Å²) in [5.74, 6) is 2.52. The van der Waals surface area contributed by atoms with Crippen LogP contribution in [-0.2, 0) is 0 Å². The topological polar surface area (TPSA) is 67.2 Å². The minimum atomic E-state index is 0.115. The zero-order chi connectivity index (χ0) is 19.8. The molecular weight excluding hydrogens is 384 g/mol. The molecule has 146 valence electrons. The van der Waals surface area contributed by atoms with E-state index in [2.05, 4.69) is 32.0 Å². The number of aryl methyl sites for hydroxylation is 1. The molecule has 0 unspecified atom stereocenters. The van der Waals surface area contributed by atoms with Crippen LogP contribution in [0, 0.1) is 6.92 Å². The Morgan fingerprint density at radius 3 is 2.59 bits per heavy atom. The summed E-state index contributed by atoms with van der Waals surface area (Å²) in [7, 11) is 0. The first-order chi connectivity index (χ1) is 14.2. The van der Waals surface area contributed by atoms with Gasteiger partial charge in [0.1, 0.15) is 23.8 Å². The van der Waals surface area contributed by atoms with Gasteiger partial charge in [0.25, 0.3) is 5.91 Å². The fourth-order valence-corrected chi connectivity index (χ4v) is 4.64. The number of rotatable bonds is 3. The summed E-state index contributed by atoms with van der Waals surface area (Å²) in [6, 6.07) is 12.1. The molecule has 0 bridgehead atoms. The quantitative estimate of drug-likeness (QED) is 0.525. The highest BCUT2D eigenvalue weighted by Crippen LogP contribution is 2.27. The van der Waals surface area contributed by atoms with Crippen molar-refractivity contribution in [3.8, 4) is 5.82 Å². The van der Waals surface area contributed by atoms with Crippen LogP contribution in [0.25, 0.3) is 15.9 Å². The lowest BCUT2D eigenvalue weighted by molar-refractivity contribution is 0.0751. The van der Waals surface area contributed by atoms with Crippen molar-refractivity contribution in [3.63, 3.8) is 0 Å². The highest BCUT2D eigenvalue weighted by Gasteiger charge is 2.24. The van der Waals surface area contributed by atoms with Gasteiger partial charge in [0.15, 0.2) is 0 Å². The van der Waals surface area contributed by atoms with Crippen molar-refractivity contribution in [2.24, 2.45) is 0 Å². The molecule has 5 rings (SSSR count). The fourth-order valence-electron chi connectivity index (χ4n) is 3.61. The van der Waals surface area contributed by atoms with E-state index in [1.54, 1.807) is 23.9 Å². The zero-order valence-corrected chi connectivity index (χ0v) is 16.8. The standard InChI is InChI=1S/C21H20N6OS/c1-15-23-19(13-20(24-15)27-7-6-22-14-27)25-8-10-26(11-9-25)21(28)18-12-16-4-2-3-5-17(16)29-18/h2-7,12-14H,8-11H2,1H3. The third-order valence-corrected chi connectivity index (χ3v) is 6.21. The fraction of sp³-hybridized carbons (Fsp3) is 0.238. The number of thiophene rings is 1. The van der Waals surface area contributed by atoms with Crippen LogP contribution in [-0.4, -0.2) is 56.5 Å². The second-order valence-electron chi connectivity index (χ2n) is 7.03. The van der Waals surface area contributed by atoms with E-state index in [4.69, 9.17) is 0 Å². The summed E-state index contributed by atoms with van der Waals surface area (Å²) in [6.45, 7) is 4.74. The highest BCUT2D eigenvalue weighted by molar-refractivity contribution is 7.20. The molecule has 29 heavy (non-hydrogen) atoms. The average Bonchev–Trinajstić information content (AvgIpc) is 3.43. The van der Waals surface area contributed by atoms with Crippen LogP contribution in [0.4, 0.5) is 5.82 Å². The molecule has 0 saturated carbocycles. The van der Waals surface area contributed by atoms with Crippen molar-refractivity contribution in [1.29, 1.82) is 0 Å². The summed E-state index contributed by atoms with van der Waals surface area (Å²) in [5.41, 5.74) is 0. The maximum Gasteiger partial charge on any atom is 0.264 e. The first-order valence-corrected chi connectivity index (χ1v) is 10.4. The van der Waals surface area contributed by atoms with E-state index in [1.807, 2.05) is 46.9 Å². The van der Waals surface area contributed by atoms with Gasteiger partial charge in [-0.25, -0.2) is 15.0 Å². The molecule has 4 heterocycles. The predicted octanol–water partition coefficient (Wildman–Crippen LogP) is 3.15. The van der Waals surface area contributed by atoms with Crippen molar-refractivity contribution in [1.82, 2.24) is 24.4 Å². The van der Waals surface area contributed by atoms with Gasteiger partial charge in [0, 0.05) is 49.3 Å². The van der Waals surface area contributed by atoms with Gasteiger partial charge in [-0.15, -0.1) is 11.3 Å². The Bertz CT molecular complexity index is 1130. The number of hydrogen-bond acceptors (Lipinski definition) is 6. The largest absolute Gasteiger partial charge is 0.353 e. The van der Waals surface area contributed by atoms with E-state index >= 15 is 0 Å². The predicted molar refractivity (Wildman–Crippen MR) is 114 cm³/mol. The van der Waals surface area contributed by atoms with Gasteiger partial charge < -0.3 is 9.80 Å². The maximum atomic E-state index is 13.0. The summed E-state index contributed by atoms with van der Waals surface area (Å²) < 4.78 is 3.03. The number of anilines is 1. The van der Waals surface area contributed by atoms with Gasteiger partial charge >= 0.3 is 0 Å². The monoisotopic (exact) mass is 404 g/mol. The van der Waals surface area contributed by atoms with Crippen molar-refractivity contribution in [3.05, 3.63) is 65.8 Å². The Kier molecular flexibility index (Phi) is 4.48. The van der Waals surface area contributed by atoms with Crippen molar-refractivity contribution in [2.75, 3.05) is 31.1 Å². The molecule has 1 fully saturated rings. The van der Waals surface area contributed by atoms with Crippen LogP contribution < -0.4 is 4.90 Å². The SMILES string of the molecule is Cc1nc(N2CCN(C(=O)c3cc4ccccc4s3)CC2)cc(-n2ccnc2)n1. The minimum Gasteiger partial charge on any atom is -0.353 e. The number of aromatic nitrogens is 4. The van der Waals surface area contributed by atoms with Crippen molar-refractivity contribution < 1.29 is 4.79 Å². The summed E-state index contributed by atoms with van der Waals surface area (Å²) in [4.78, 5) is 31.1. The van der Waals surface area contributed by atoms with Crippen molar-refractivity contribution >= 4 is 33.1 Å². The van der Waals surface area contributed by atoms with E-state index in [-0.39, 0.29) is 5.91 Å². The number of piperazine rings is 1. The molecule has 0 spiro atoms. The third kappa shape index (κ3) is 3.47. The Balaban J connectivity index is 1.31. The second kappa shape index (κ2) is 7.29. The van der Waals surface area contributed by atoms with Gasteiger partial charge in [-0.2, -0.15) is 0 Å². The number of benzene rings is 1. The van der Waals surface area contributed by atoms with Gasteiger partial charge in [-0.05, 0) is 24.4 Å². The Morgan fingerprint density at radius 2 is 1.83 bits per heavy atom. The van der Waals surface area contributed by atoms with E-state index in [0.29, 0.717) is 13.1 Å². The van der Waals surface area contributed by atoms with Crippen LogP contribution in [0.3, 0.4) is 0 Å². The molecular formula is C21H20N6OS. The first-order valence-electron chi connectivity index (χ1n) is 9.54. The molecule has 3 aromatic heterocycles. The lowest BCUT2D eigenvalue weighted by atomic mass is 10.2. The second-order valence-corrected chi connectivity index (χ2v) is 8.11. The van der Waals surface area contributed by atoms with E-state index in [0.717, 1.165) is 45.5 Å². The summed E-state index contributed by atoms with van der Waals surface area (Å²) >= 11 is 1.56. The maximum absolute atomic E-state index is 13.0. The molecule has 7 nitrogen and oxygen atoms in total. The van der Waals surface area contributed by atoms with Crippen LogP contribution in [0.2, 0.25) is 0 Å². The summed E-state index contributed by atoms with van der Waals surface area (Å²) in [5, 5.41) is 1.13. The molecule has 1 aromatic carbocycles. The minimum absolute atomic E-state index is 0.115. The Labute approximate surface area is 172 Å². The molecule has 4 aromatic rings. The highest BCUT2D eigenvalue weighted by atomic mass is 32.1. The van der Waals surface area contributed by atoms with Crippen LogP contribution >= 0.6 is 11.3 Å². The molecule has 8 heteroatoms. The Morgan fingerprint density at radius 1 is 1.03 bits per heavy atom. The molecule has 1 aliphatic heterocycles. The zero-order valence-electron chi connectivity index (χ0n) is 16.0. The molecule has 0 aliphatic carbocycles. The molecule has 1 amide bonds. The molecule has 0 atom stereocenters. The van der Waals surface area contributed by atoms with E-state index < -0.39 is 0 Å². The average molecular weight is 404 g/mol. The van der Waals surface area contributed by atoms with Crippen LogP contribution in [0.15, 0.2) is 55.1 Å². The molecule has 0 radical (unpaired) electrons. The van der Waals surface area contributed by atoms with Crippen LogP contribution in [0.5, 0.6) is 0 Å². The number of carbonyl (C=O) groups excluding carboxylic acids is 1. The smallest absolute Gasteiger partial charge is 0.264 e. The number of hydrogen-bond donors (Lipinski definition) is 0. The Hall–Kier alpha value is -3.26. The summed E-state index contributed by atoms with van der Waals surface area (Å²) in [6.07, 6.45) is 5.33. The number of amides is 1. The number of carbonyl (C=O) groups is 1. The lowest BCUT2D eigenvalue weighted by Crippen LogP contribution is -2.49. The normalized spacial score (nSPS) is 14.5. The first kappa shape index (κ1) is 17.8. The molecule has 0 N–H and O–H groups in total. The van der Waals surface area contributed by atoms with E-state index in [9.17, 15) is 4.79 Å². The lowest BCUT2D eigenvalue weighted by Gasteiger charge is -2.35. The van der Waals surface area contributed by atoms with Gasteiger partial charge in [-0.1, -0.05) is 18.2 Å². The number of nitrogens with zero attached hydrogens (tertiary/aromatic N) is 6. The van der Waals surface area contributed by atoms with Gasteiger partial charge in [-0.3, -0.25) is 9.36 Å². The van der Waals surface area contributed by atoms with Crippen molar-refractivity contribution in [2.45, 2.75) is 6.92 Å². The molecule has 1 saturated heterocycles. The van der Waals surface area contributed by atoms with Gasteiger partial charge in [0.05, 0.1) is 4.88 Å². The molecule has 1 aliphatic rings. The number of fused-ring (bicyclic) bond motifs is 1. The van der Waals surface area contributed by atoms with Gasteiger partial charge in [0.2, 0.25) is 0 Å². The third-order valence-electron chi connectivity index (χ3n) is 5.11. The van der Waals surface area contributed by atoms with Crippen LogP contribution in [0.1, 0.15) is 15.5 Å².